The highest BCUT2D eigenvalue weighted by Gasteiger charge is 2.37. The Morgan fingerprint density at radius 2 is 1.76 bits per heavy atom. The third kappa shape index (κ3) is 3.98. The van der Waals surface area contributed by atoms with Gasteiger partial charge in [0.15, 0.2) is 11.5 Å². The number of nitrogens with zero attached hydrogens (tertiary/aromatic N) is 1. The zero-order valence-electron chi connectivity index (χ0n) is 16.3. The number of methoxy groups -OCH3 is 2. The van der Waals surface area contributed by atoms with E-state index in [4.69, 9.17) is 9.47 Å². The molecule has 7 nitrogen and oxygen atoms in total. The Bertz CT molecular complexity index is 1060. The second-order valence-electron chi connectivity index (χ2n) is 6.49. The molecule has 0 bridgehead atoms. The molecule has 1 aliphatic heterocycles. The number of aryl methyl sites for hydroxylation is 2. The van der Waals surface area contributed by atoms with Gasteiger partial charge in [0.25, 0.3) is 11.8 Å². The minimum atomic E-state index is -0.771. The van der Waals surface area contributed by atoms with Crippen LogP contribution in [0.1, 0.15) is 16.7 Å². The molecule has 1 aliphatic rings. The third-order valence-electron chi connectivity index (χ3n) is 4.47. The number of ether oxygens (including phenoxy) is 2. The molecule has 29 heavy (non-hydrogen) atoms. The average molecular weight is 506 g/mol. The molecule has 4 amide bonds. The van der Waals surface area contributed by atoms with Crippen LogP contribution in [0.2, 0.25) is 0 Å². The number of rotatable bonds is 4. The van der Waals surface area contributed by atoms with Crippen LogP contribution in [-0.2, 0) is 9.59 Å². The van der Waals surface area contributed by atoms with E-state index in [0.717, 1.165) is 19.6 Å². The number of carbonyl (C=O) groups is 3. The van der Waals surface area contributed by atoms with Gasteiger partial charge in [0, 0.05) is 0 Å². The van der Waals surface area contributed by atoms with Gasteiger partial charge in [-0.1, -0.05) is 12.1 Å². The van der Waals surface area contributed by atoms with Crippen LogP contribution < -0.4 is 19.7 Å². The van der Waals surface area contributed by atoms with Crippen molar-refractivity contribution in [2.24, 2.45) is 0 Å². The van der Waals surface area contributed by atoms with Gasteiger partial charge >= 0.3 is 6.03 Å². The van der Waals surface area contributed by atoms with Crippen LogP contribution in [0.15, 0.2) is 35.9 Å². The van der Waals surface area contributed by atoms with E-state index >= 15 is 0 Å². The number of benzene rings is 2. The van der Waals surface area contributed by atoms with Crippen molar-refractivity contribution < 1.29 is 23.9 Å². The molecule has 3 rings (SSSR count). The molecule has 1 saturated heterocycles. The summed E-state index contributed by atoms with van der Waals surface area (Å²) in [4.78, 5) is 38.9. The maximum Gasteiger partial charge on any atom is 0.335 e. The van der Waals surface area contributed by atoms with Crippen molar-refractivity contribution in [1.29, 1.82) is 0 Å². The van der Waals surface area contributed by atoms with Gasteiger partial charge in [-0.15, -0.1) is 0 Å². The largest absolute Gasteiger partial charge is 0.493 e. The van der Waals surface area contributed by atoms with Gasteiger partial charge in [-0.05, 0) is 77.4 Å². The molecule has 0 spiro atoms. The Balaban J connectivity index is 2.09. The van der Waals surface area contributed by atoms with E-state index in [1.807, 2.05) is 19.1 Å². The number of hydrogen-bond donors (Lipinski definition) is 1. The van der Waals surface area contributed by atoms with Crippen LogP contribution in [0, 0.1) is 17.4 Å². The van der Waals surface area contributed by atoms with Crippen molar-refractivity contribution in [2.75, 3.05) is 19.1 Å². The summed E-state index contributed by atoms with van der Waals surface area (Å²) in [7, 11) is 3.04. The van der Waals surface area contributed by atoms with Crippen molar-refractivity contribution in [3.63, 3.8) is 0 Å². The molecule has 0 saturated carbocycles. The highest BCUT2D eigenvalue weighted by atomic mass is 127. The van der Waals surface area contributed by atoms with E-state index in [1.165, 1.54) is 20.3 Å². The summed E-state index contributed by atoms with van der Waals surface area (Å²) in [5, 5.41) is 2.24. The topological polar surface area (TPSA) is 84.9 Å². The lowest BCUT2D eigenvalue weighted by atomic mass is 10.0. The normalized spacial score (nSPS) is 15.6. The first-order valence-corrected chi connectivity index (χ1v) is 9.75. The van der Waals surface area contributed by atoms with Gasteiger partial charge in [-0.2, -0.15) is 0 Å². The summed E-state index contributed by atoms with van der Waals surface area (Å²) in [6.07, 6.45) is 1.44. The van der Waals surface area contributed by atoms with Crippen LogP contribution in [0.4, 0.5) is 10.5 Å². The maximum atomic E-state index is 13.1. The van der Waals surface area contributed by atoms with Crippen molar-refractivity contribution in [3.05, 3.63) is 56.2 Å². The van der Waals surface area contributed by atoms with Crippen LogP contribution >= 0.6 is 22.6 Å². The molecular weight excluding hydrogens is 487 g/mol. The van der Waals surface area contributed by atoms with E-state index < -0.39 is 17.8 Å². The first kappa shape index (κ1) is 20.8. The number of urea groups is 1. The van der Waals surface area contributed by atoms with E-state index in [-0.39, 0.29) is 5.57 Å². The average Bonchev–Trinajstić information content (AvgIpc) is 2.67. The minimum absolute atomic E-state index is 0.145. The molecule has 0 aromatic heterocycles. The number of imide groups is 2. The number of carbonyl (C=O) groups excluding carboxylic acids is 3. The SMILES string of the molecule is COc1cc(/C=C2\C(=O)NC(=O)N(c3cc(C)ccc3C)C2=O)cc(I)c1OC. The van der Waals surface area contributed by atoms with Crippen molar-refractivity contribution in [1.82, 2.24) is 5.32 Å². The maximum absolute atomic E-state index is 13.1. The molecule has 2 aromatic rings. The number of nitrogens with one attached hydrogen (secondary N) is 1. The van der Waals surface area contributed by atoms with Gasteiger partial charge in [0.05, 0.1) is 23.5 Å². The Morgan fingerprint density at radius 3 is 2.41 bits per heavy atom. The number of anilines is 1. The third-order valence-corrected chi connectivity index (χ3v) is 5.28. The molecule has 0 aliphatic carbocycles. The molecule has 0 unspecified atom stereocenters. The molecule has 0 radical (unpaired) electrons. The second-order valence-corrected chi connectivity index (χ2v) is 7.65. The quantitative estimate of drug-likeness (QED) is 0.390. The van der Waals surface area contributed by atoms with Gasteiger partial charge < -0.3 is 9.47 Å². The monoisotopic (exact) mass is 506 g/mol. The molecular formula is C21H19IN2O5. The summed E-state index contributed by atoms with van der Waals surface area (Å²) in [5.41, 5.74) is 2.50. The standard InChI is InChI=1S/C21H19IN2O5/c1-11-5-6-12(2)16(7-11)24-20(26)14(19(25)23-21(24)27)8-13-9-15(22)18(29-4)17(10-13)28-3/h5-10H,1-4H3,(H,23,25,27)/b14-8+. The molecule has 0 atom stereocenters. The van der Waals surface area contributed by atoms with Gasteiger partial charge in [0.2, 0.25) is 0 Å². The highest BCUT2D eigenvalue weighted by Crippen LogP contribution is 2.34. The Labute approximate surface area is 181 Å². The van der Waals surface area contributed by atoms with Crippen LogP contribution in [0.5, 0.6) is 11.5 Å². The summed E-state index contributed by atoms with van der Waals surface area (Å²) < 4.78 is 11.4. The minimum Gasteiger partial charge on any atom is -0.493 e. The predicted octanol–water partition coefficient (Wildman–Crippen LogP) is 3.59. The van der Waals surface area contributed by atoms with Crippen LogP contribution in [0.3, 0.4) is 0 Å². The lowest BCUT2D eigenvalue weighted by Crippen LogP contribution is -2.54. The zero-order chi connectivity index (χ0) is 21.3. The fourth-order valence-electron chi connectivity index (χ4n) is 3.02. The molecule has 1 fully saturated rings. The second kappa shape index (κ2) is 8.24. The van der Waals surface area contributed by atoms with Gasteiger partial charge in [-0.25, -0.2) is 9.69 Å². The lowest BCUT2D eigenvalue weighted by molar-refractivity contribution is -0.122. The van der Waals surface area contributed by atoms with Crippen LogP contribution in [0.25, 0.3) is 6.08 Å². The molecule has 1 N–H and O–H groups in total. The van der Waals surface area contributed by atoms with Gasteiger partial charge in [0.1, 0.15) is 5.57 Å². The number of amides is 4. The number of barbiturate groups is 1. The van der Waals surface area contributed by atoms with Gasteiger partial charge in [-0.3, -0.25) is 14.9 Å². The van der Waals surface area contributed by atoms with E-state index in [0.29, 0.717) is 22.7 Å². The summed E-state index contributed by atoms with van der Waals surface area (Å²) in [6, 6.07) is 8.09. The van der Waals surface area contributed by atoms with E-state index in [2.05, 4.69) is 27.9 Å². The predicted molar refractivity (Wildman–Crippen MR) is 117 cm³/mol. The van der Waals surface area contributed by atoms with E-state index in [9.17, 15) is 14.4 Å². The molecule has 150 valence electrons. The van der Waals surface area contributed by atoms with Crippen LogP contribution in [-0.4, -0.2) is 32.1 Å². The number of hydrogen-bond acceptors (Lipinski definition) is 5. The van der Waals surface area contributed by atoms with Crippen molar-refractivity contribution >= 4 is 52.2 Å². The molecule has 8 heteroatoms. The van der Waals surface area contributed by atoms with Crippen molar-refractivity contribution in [2.45, 2.75) is 13.8 Å². The highest BCUT2D eigenvalue weighted by molar-refractivity contribution is 14.1. The first-order valence-electron chi connectivity index (χ1n) is 8.67. The molecule has 1 heterocycles. The summed E-state index contributed by atoms with van der Waals surface area (Å²) >= 11 is 2.08. The van der Waals surface area contributed by atoms with Crippen molar-refractivity contribution in [3.8, 4) is 11.5 Å². The fourth-order valence-corrected chi connectivity index (χ4v) is 3.87. The number of halogens is 1. The Morgan fingerprint density at radius 1 is 1.03 bits per heavy atom. The zero-order valence-corrected chi connectivity index (χ0v) is 18.5. The Kier molecular flexibility index (Phi) is 5.92. The fraction of sp³-hybridized carbons (Fsp3) is 0.190. The Hall–Kier alpha value is -2.88. The van der Waals surface area contributed by atoms with E-state index in [1.54, 1.807) is 25.1 Å². The summed E-state index contributed by atoms with van der Waals surface area (Å²) in [6.45, 7) is 3.66. The smallest absolute Gasteiger partial charge is 0.335 e. The summed E-state index contributed by atoms with van der Waals surface area (Å²) in [5.74, 6) is -0.400. The molecule has 2 aromatic carbocycles. The lowest BCUT2D eigenvalue weighted by Gasteiger charge is -2.27. The first-order chi connectivity index (χ1) is 13.8.